The van der Waals surface area contributed by atoms with Gasteiger partial charge >= 0.3 is 0 Å². The molecular formula is C9H12N2. The number of anilines is 1. The Morgan fingerprint density at radius 3 is 3.09 bits per heavy atom. The summed E-state index contributed by atoms with van der Waals surface area (Å²) in [6.45, 7) is 2.98. The molecule has 0 amide bonds. The largest absolute Gasteiger partial charge is 0.383 e. The number of nitrogens with two attached hydrogens (primary N) is 1. The number of hydrogen-bond donors (Lipinski definition) is 2. The molecule has 0 spiro atoms. The quantitative estimate of drug-likeness (QED) is 0.584. The van der Waals surface area contributed by atoms with Crippen LogP contribution in [0, 0.1) is 6.92 Å². The standard InChI is InChI=1S/C9H12N2/c1-6-3-2-4-7-8(10)5-11-9(6)7/h2-4,8,11H,5,10H2,1H3. The highest BCUT2D eigenvalue weighted by atomic mass is 15.0. The van der Waals surface area contributed by atoms with Gasteiger partial charge in [-0.1, -0.05) is 18.2 Å². The van der Waals surface area contributed by atoms with E-state index in [1.165, 1.54) is 16.8 Å². The van der Waals surface area contributed by atoms with Crippen molar-refractivity contribution in [1.82, 2.24) is 0 Å². The number of para-hydroxylation sites is 1. The van der Waals surface area contributed by atoms with Gasteiger partial charge in [0.15, 0.2) is 0 Å². The number of aryl methyl sites for hydroxylation is 1. The van der Waals surface area contributed by atoms with E-state index in [9.17, 15) is 0 Å². The summed E-state index contributed by atoms with van der Waals surface area (Å²) < 4.78 is 0. The van der Waals surface area contributed by atoms with Crippen LogP contribution in [0.4, 0.5) is 5.69 Å². The number of rotatable bonds is 0. The molecule has 3 N–H and O–H groups in total. The normalized spacial score (nSPS) is 21.1. The smallest absolute Gasteiger partial charge is 0.0491 e. The molecule has 58 valence electrons. The molecule has 0 bridgehead atoms. The molecule has 1 aromatic carbocycles. The first-order valence-corrected chi connectivity index (χ1v) is 3.88. The summed E-state index contributed by atoms with van der Waals surface area (Å²) in [6.07, 6.45) is 0. The summed E-state index contributed by atoms with van der Waals surface area (Å²) in [5, 5.41) is 3.29. The fourth-order valence-corrected chi connectivity index (χ4v) is 1.56. The maximum atomic E-state index is 5.85. The molecule has 0 aliphatic carbocycles. The lowest BCUT2D eigenvalue weighted by molar-refractivity contribution is 0.808. The molecule has 1 heterocycles. The minimum atomic E-state index is 0.185. The first kappa shape index (κ1) is 6.68. The first-order chi connectivity index (χ1) is 5.29. The van der Waals surface area contributed by atoms with Crippen molar-refractivity contribution < 1.29 is 0 Å². The summed E-state index contributed by atoms with van der Waals surface area (Å²) in [4.78, 5) is 0. The zero-order valence-electron chi connectivity index (χ0n) is 6.59. The SMILES string of the molecule is Cc1cccc2c1NCC2N. The zero-order chi connectivity index (χ0) is 7.84. The van der Waals surface area contributed by atoms with Gasteiger partial charge in [-0.05, 0) is 18.1 Å². The van der Waals surface area contributed by atoms with Crippen molar-refractivity contribution in [2.75, 3.05) is 11.9 Å². The van der Waals surface area contributed by atoms with Crippen LogP contribution in [0.2, 0.25) is 0 Å². The van der Waals surface area contributed by atoms with Crippen molar-refractivity contribution >= 4 is 5.69 Å². The summed E-state index contributed by atoms with van der Waals surface area (Å²) in [5.74, 6) is 0. The molecule has 2 heteroatoms. The van der Waals surface area contributed by atoms with Gasteiger partial charge in [-0.15, -0.1) is 0 Å². The topological polar surface area (TPSA) is 38.0 Å². The molecule has 0 fully saturated rings. The van der Waals surface area contributed by atoms with Gasteiger partial charge < -0.3 is 11.1 Å². The van der Waals surface area contributed by atoms with Gasteiger partial charge in [-0.3, -0.25) is 0 Å². The van der Waals surface area contributed by atoms with Crippen LogP contribution in [0.3, 0.4) is 0 Å². The molecule has 2 nitrogen and oxygen atoms in total. The maximum absolute atomic E-state index is 5.85. The molecule has 1 aliphatic heterocycles. The van der Waals surface area contributed by atoms with Crippen LogP contribution in [0.5, 0.6) is 0 Å². The second-order valence-electron chi connectivity index (χ2n) is 3.03. The lowest BCUT2D eigenvalue weighted by atomic mass is 10.1. The molecule has 1 aromatic rings. The van der Waals surface area contributed by atoms with E-state index in [1.54, 1.807) is 0 Å². The Hall–Kier alpha value is -1.02. The second kappa shape index (κ2) is 2.24. The van der Waals surface area contributed by atoms with Crippen molar-refractivity contribution in [3.63, 3.8) is 0 Å². The summed E-state index contributed by atoms with van der Waals surface area (Å²) in [7, 11) is 0. The highest BCUT2D eigenvalue weighted by Gasteiger charge is 2.18. The Labute approximate surface area is 66.4 Å². The number of hydrogen-bond acceptors (Lipinski definition) is 2. The number of nitrogens with one attached hydrogen (secondary N) is 1. The van der Waals surface area contributed by atoms with Crippen molar-refractivity contribution in [2.45, 2.75) is 13.0 Å². The van der Waals surface area contributed by atoms with E-state index in [0.29, 0.717) is 0 Å². The second-order valence-corrected chi connectivity index (χ2v) is 3.03. The van der Waals surface area contributed by atoms with Crippen LogP contribution < -0.4 is 11.1 Å². The van der Waals surface area contributed by atoms with Gasteiger partial charge in [0, 0.05) is 18.3 Å². The van der Waals surface area contributed by atoms with Crippen LogP contribution in [-0.4, -0.2) is 6.54 Å². The third-order valence-corrected chi connectivity index (χ3v) is 2.20. The Kier molecular flexibility index (Phi) is 1.36. The van der Waals surface area contributed by atoms with Crippen molar-refractivity contribution in [3.8, 4) is 0 Å². The minimum Gasteiger partial charge on any atom is -0.383 e. The van der Waals surface area contributed by atoms with E-state index in [2.05, 4.69) is 30.4 Å². The van der Waals surface area contributed by atoms with Gasteiger partial charge in [0.25, 0.3) is 0 Å². The number of fused-ring (bicyclic) bond motifs is 1. The molecular weight excluding hydrogens is 136 g/mol. The van der Waals surface area contributed by atoms with Crippen molar-refractivity contribution in [3.05, 3.63) is 29.3 Å². The van der Waals surface area contributed by atoms with E-state index in [0.717, 1.165) is 6.54 Å². The Morgan fingerprint density at radius 1 is 1.55 bits per heavy atom. The molecule has 1 atom stereocenters. The third-order valence-electron chi connectivity index (χ3n) is 2.20. The first-order valence-electron chi connectivity index (χ1n) is 3.88. The molecule has 1 unspecified atom stereocenters. The summed E-state index contributed by atoms with van der Waals surface area (Å²) in [6, 6.07) is 6.43. The van der Waals surface area contributed by atoms with Crippen LogP contribution >= 0.6 is 0 Å². The summed E-state index contributed by atoms with van der Waals surface area (Å²) in [5.41, 5.74) is 9.63. The predicted octanol–water partition coefficient (Wildman–Crippen LogP) is 1.42. The average molecular weight is 148 g/mol. The van der Waals surface area contributed by atoms with E-state index in [-0.39, 0.29) is 6.04 Å². The fraction of sp³-hybridized carbons (Fsp3) is 0.333. The monoisotopic (exact) mass is 148 g/mol. The predicted molar refractivity (Wildman–Crippen MR) is 46.6 cm³/mol. The van der Waals surface area contributed by atoms with Crippen molar-refractivity contribution in [1.29, 1.82) is 0 Å². The molecule has 1 aliphatic rings. The van der Waals surface area contributed by atoms with Gasteiger partial charge in [-0.25, -0.2) is 0 Å². The summed E-state index contributed by atoms with van der Waals surface area (Å²) >= 11 is 0. The zero-order valence-corrected chi connectivity index (χ0v) is 6.59. The van der Waals surface area contributed by atoms with Gasteiger partial charge in [-0.2, -0.15) is 0 Å². The van der Waals surface area contributed by atoms with Gasteiger partial charge in [0.05, 0.1) is 0 Å². The van der Waals surface area contributed by atoms with Crippen molar-refractivity contribution in [2.24, 2.45) is 5.73 Å². The van der Waals surface area contributed by atoms with Crippen LogP contribution in [-0.2, 0) is 0 Å². The van der Waals surface area contributed by atoms with Crippen LogP contribution in [0.25, 0.3) is 0 Å². The van der Waals surface area contributed by atoms with Gasteiger partial charge in [0.1, 0.15) is 0 Å². The molecule has 0 saturated carbocycles. The van der Waals surface area contributed by atoms with E-state index in [1.807, 2.05) is 0 Å². The van der Waals surface area contributed by atoms with Gasteiger partial charge in [0.2, 0.25) is 0 Å². The lowest BCUT2D eigenvalue weighted by Gasteiger charge is -2.03. The maximum Gasteiger partial charge on any atom is 0.0491 e. The van der Waals surface area contributed by atoms with E-state index >= 15 is 0 Å². The third kappa shape index (κ3) is 0.906. The lowest BCUT2D eigenvalue weighted by Crippen LogP contribution is -2.11. The Morgan fingerprint density at radius 2 is 2.36 bits per heavy atom. The van der Waals surface area contributed by atoms with Crippen LogP contribution in [0.15, 0.2) is 18.2 Å². The minimum absolute atomic E-state index is 0.185. The highest BCUT2D eigenvalue weighted by molar-refractivity contribution is 5.62. The molecule has 2 rings (SSSR count). The fourth-order valence-electron chi connectivity index (χ4n) is 1.56. The Bertz CT molecular complexity index is 281. The van der Waals surface area contributed by atoms with E-state index in [4.69, 9.17) is 5.73 Å². The average Bonchev–Trinajstić information content (AvgIpc) is 2.35. The molecule has 0 radical (unpaired) electrons. The highest BCUT2D eigenvalue weighted by Crippen LogP contribution is 2.30. The molecule has 0 saturated heterocycles. The van der Waals surface area contributed by atoms with Crippen LogP contribution in [0.1, 0.15) is 17.2 Å². The number of benzene rings is 1. The Balaban J connectivity index is 2.57. The molecule has 0 aromatic heterocycles. The van der Waals surface area contributed by atoms with E-state index < -0.39 is 0 Å². The molecule has 11 heavy (non-hydrogen) atoms.